The molecule has 1 fully saturated rings. The topological polar surface area (TPSA) is 49.4 Å². The number of aryl methyl sites for hydroxylation is 2. The lowest BCUT2D eigenvalue weighted by Gasteiger charge is -2.50. The van der Waals surface area contributed by atoms with E-state index in [2.05, 4.69) is 31.3 Å². The fraction of sp³-hybridized carbons (Fsp3) is 0.259. The highest BCUT2D eigenvalue weighted by atomic mass is 16.2. The number of carbonyl (C=O) groups is 2. The summed E-state index contributed by atoms with van der Waals surface area (Å²) in [4.78, 5) is 28.3. The van der Waals surface area contributed by atoms with E-state index in [1.165, 1.54) is 5.56 Å². The van der Waals surface area contributed by atoms with Gasteiger partial charge in [0.05, 0.1) is 6.42 Å². The van der Waals surface area contributed by atoms with Crippen LogP contribution in [-0.4, -0.2) is 11.8 Å². The Morgan fingerprint density at radius 1 is 0.935 bits per heavy atom. The Morgan fingerprint density at radius 3 is 2.16 bits per heavy atom. The molecular weight excluding hydrogens is 384 g/mol. The van der Waals surface area contributed by atoms with Crippen molar-refractivity contribution in [2.24, 2.45) is 0 Å². The van der Waals surface area contributed by atoms with Crippen molar-refractivity contribution in [3.8, 4) is 0 Å². The van der Waals surface area contributed by atoms with E-state index in [0.717, 1.165) is 28.1 Å². The van der Waals surface area contributed by atoms with Crippen LogP contribution < -0.4 is 10.2 Å². The minimum atomic E-state index is -1.08. The molecule has 1 aliphatic heterocycles. The molecule has 1 N–H and O–H groups in total. The Morgan fingerprint density at radius 2 is 1.58 bits per heavy atom. The van der Waals surface area contributed by atoms with Crippen LogP contribution in [0.25, 0.3) is 0 Å². The van der Waals surface area contributed by atoms with E-state index in [4.69, 9.17) is 0 Å². The van der Waals surface area contributed by atoms with Gasteiger partial charge in [0.2, 0.25) is 5.91 Å². The molecule has 0 aromatic heterocycles. The summed E-state index contributed by atoms with van der Waals surface area (Å²) in [7, 11) is 0. The molecule has 4 nitrogen and oxygen atoms in total. The molecule has 1 saturated heterocycles. The largest absolute Gasteiger partial charge is 0.323 e. The summed E-state index contributed by atoms with van der Waals surface area (Å²) in [5, 5.41) is 3.09. The van der Waals surface area contributed by atoms with E-state index < -0.39 is 5.54 Å². The molecule has 4 rings (SSSR count). The maximum atomic E-state index is 13.8. The van der Waals surface area contributed by atoms with Crippen LogP contribution in [0.1, 0.15) is 48.4 Å². The first-order chi connectivity index (χ1) is 14.8. The third kappa shape index (κ3) is 3.63. The highest BCUT2D eigenvalue weighted by molar-refractivity contribution is 6.17. The zero-order valence-corrected chi connectivity index (χ0v) is 18.5. The molecular formula is C27H28N2O2. The number of para-hydroxylation sites is 1. The average molecular weight is 413 g/mol. The standard InChI is InChI=1S/C27H28N2O2/c1-18(2)21-11-13-22(14-12-21)27(26(31)28-24-8-6-5-7-20(24)4)17-25(30)29(27)23-15-9-19(3)10-16-23/h5-16,18H,17H2,1-4H3,(H,28,31)/t27-/m0/s1. The van der Waals surface area contributed by atoms with Crippen molar-refractivity contribution in [1.29, 1.82) is 0 Å². The first kappa shape index (κ1) is 20.9. The first-order valence-electron chi connectivity index (χ1n) is 10.7. The molecule has 0 bridgehead atoms. The minimum absolute atomic E-state index is 0.0586. The molecule has 0 spiro atoms. The summed E-state index contributed by atoms with van der Waals surface area (Å²) in [6.07, 6.45) is 0.139. The van der Waals surface area contributed by atoms with Gasteiger partial charge in [-0.1, -0.05) is 74.0 Å². The maximum absolute atomic E-state index is 13.8. The molecule has 2 amide bonds. The Labute approximate surface area is 183 Å². The molecule has 4 heteroatoms. The second-order valence-electron chi connectivity index (χ2n) is 8.65. The molecule has 0 radical (unpaired) electrons. The molecule has 3 aromatic carbocycles. The lowest BCUT2D eigenvalue weighted by molar-refractivity contribution is -0.137. The summed E-state index contributed by atoms with van der Waals surface area (Å²) in [5.41, 5.74) is 4.52. The second kappa shape index (κ2) is 8.03. The molecule has 31 heavy (non-hydrogen) atoms. The summed E-state index contributed by atoms with van der Waals surface area (Å²) < 4.78 is 0. The van der Waals surface area contributed by atoms with E-state index >= 15 is 0 Å². The summed E-state index contributed by atoms with van der Waals surface area (Å²) in [6, 6.07) is 23.5. The van der Waals surface area contributed by atoms with E-state index in [0.29, 0.717) is 5.92 Å². The number of hydrogen-bond acceptors (Lipinski definition) is 2. The fourth-order valence-electron chi connectivity index (χ4n) is 4.18. The average Bonchev–Trinajstić information content (AvgIpc) is 2.75. The number of β-lactam (4-membered cyclic amide) rings is 1. The number of nitrogens with zero attached hydrogens (tertiary/aromatic N) is 1. The van der Waals surface area contributed by atoms with Gasteiger partial charge in [0.15, 0.2) is 5.54 Å². The predicted octanol–water partition coefficient (Wildman–Crippen LogP) is 5.70. The number of anilines is 2. The van der Waals surface area contributed by atoms with Crippen LogP contribution in [0.4, 0.5) is 11.4 Å². The summed E-state index contributed by atoms with van der Waals surface area (Å²) in [5.74, 6) is 0.137. The highest BCUT2D eigenvalue weighted by Crippen LogP contribution is 2.46. The summed E-state index contributed by atoms with van der Waals surface area (Å²) in [6.45, 7) is 8.25. The number of hydrogen-bond donors (Lipinski definition) is 1. The third-order valence-corrected chi connectivity index (χ3v) is 6.15. The van der Waals surface area contributed by atoms with E-state index in [1.807, 2.05) is 74.5 Å². The van der Waals surface area contributed by atoms with Crippen LogP contribution in [0.2, 0.25) is 0 Å². The van der Waals surface area contributed by atoms with Crippen molar-refractivity contribution in [2.45, 2.75) is 45.6 Å². The second-order valence-corrected chi connectivity index (χ2v) is 8.65. The fourth-order valence-corrected chi connectivity index (χ4v) is 4.18. The van der Waals surface area contributed by atoms with Gasteiger partial charge < -0.3 is 5.32 Å². The molecule has 3 aromatic rings. The zero-order valence-electron chi connectivity index (χ0n) is 18.5. The van der Waals surface area contributed by atoms with Crippen LogP contribution in [0.15, 0.2) is 72.8 Å². The van der Waals surface area contributed by atoms with E-state index in [9.17, 15) is 9.59 Å². The monoisotopic (exact) mass is 412 g/mol. The molecule has 0 unspecified atom stereocenters. The third-order valence-electron chi connectivity index (χ3n) is 6.15. The van der Waals surface area contributed by atoms with Crippen molar-refractivity contribution in [3.63, 3.8) is 0 Å². The Kier molecular flexibility index (Phi) is 5.40. The Bertz CT molecular complexity index is 1120. The molecule has 1 heterocycles. The number of nitrogens with one attached hydrogen (secondary N) is 1. The van der Waals surface area contributed by atoms with Gasteiger partial charge in [-0.25, -0.2) is 0 Å². The van der Waals surface area contributed by atoms with Crippen molar-refractivity contribution in [3.05, 3.63) is 95.1 Å². The first-order valence-corrected chi connectivity index (χ1v) is 10.7. The molecule has 1 aliphatic rings. The zero-order chi connectivity index (χ0) is 22.2. The van der Waals surface area contributed by atoms with Crippen molar-refractivity contribution in [1.82, 2.24) is 0 Å². The van der Waals surface area contributed by atoms with Crippen LogP contribution in [-0.2, 0) is 15.1 Å². The highest BCUT2D eigenvalue weighted by Gasteiger charge is 2.58. The quantitative estimate of drug-likeness (QED) is 0.547. The lowest BCUT2D eigenvalue weighted by Crippen LogP contribution is -2.67. The van der Waals surface area contributed by atoms with E-state index in [1.54, 1.807) is 4.90 Å². The van der Waals surface area contributed by atoms with Crippen molar-refractivity contribution < 1.29 is 9.59 Å². The molecule has 158 valence electrons. The van der Waals surface area contributed by atoms with Gasteiger partial charge in [0.1, 0.15) is 0 Å². The number of amides is 2. The van der Waals surface area contributed by atoms with Gasteiger partial charge in [0, 0.05) is 11.4 Å². The van der Waals surface area contributed by atoms with Crippen molar-refractivity contribution >= 4 is 23.2 Å². The van der Waals surface area contributed by atoms with Crippen LogP contribution >= 0.6 is 0 Å². The van der Waals surface area contributed by atoms with Crippen LogP contribution in [0, 0.1) is 13.8 Å². The van der Waals surface area contributed by atoms with Gasteiger partial charge in [-0.15, -0.1) is 0 Å². The Balaban J connectivity index is 1.80. The SMILES string of the molecule is Cc1ccc(N2C(=O)C[C@@]2(C(=O)Nc2ccccc2C)c2ccc(C(C)C)cc2)cc1. The number of rotatable bonds is 5. The normalized spacial score (nSPS) is 18.1. The molecule has 1 atom stereocenters. The predicted molar refractivity (Wildman–Crippen MR) is 125 cm³/mol. The number of carbonyl (C=O) groups excluding carboxylic acids is 2. The van der Waals surface area contributed by atoms with Gasteiger partial charge in [-0.05, 0) is 54.7 Å². The summed E-state index contributed by atoms with van der Waals surface area (Å²) >= 11 is 0. The maximum Gasteiger partial charge on any atom is 0.255 e. The number of benzene rings is 3. The van der Waals surface area contributed by atoms with Crippen molar-refractivity contribution in [2.75, 3.05) is 10.2 Å². The van der Waals surface area contributed by atoms with Crippen LogP contribution in [0.5, 0.6) is 0 Å². The lowest BCUT2D eigenvalue weighted by atomic mass is 9.75. The smallest absolute Gasteiger partial charge is 0.255 e. The van der Waals surface area contributed by atoms with Gasteiger partial charge in [0.25, 0.3) is 5.91 Å². The van der Waals surface area contributed by atoms with Gasteiger partial charge in [-0.2, -0.15) is 0 Å². The van der Waals surface area contributed by atoms with Crippen LogP contribution in [0.3, 0.4) is 0 Å². The minimum Gasteiger partial charge on any atom is -0.323 e. The Hall–Kier alpha value is -3.40. The molecule has 0 aliphatic carbocycles. The van der Waals surface area contributed by atoms with Gasteiger partial charge >= 0.3 is 0 Å². The van der Waals surface area contributed by atoms with Gasteiger partial charge in [-0.3, -0.25) is 14.5 Å². The molecule has 0 saturated carbocycles. The van der Waals surface area contributed by atoms with E-state index in [-0.39, 0.29) is 18.2 Å².